The largest absolute Gasteiger partial charge is 0.334 e. The molecule has 0 radical (unpaired) electrons. The molecular formula is C22H24N2O3S2. The van der Waals surface area contributed by atoms with Gasteiger partial charge in [0.15, 0.2) is 0 Å². The molecule has 0 fully saturated rings. The van der Waals surface area contributed by atoms with Crippen LogP contribution in [-0.4, -0.2) is 26.3 Å². The Hall–Kier alpha value is -2.64. The molecule has 3 rings (SSSR count). The number of hydrogen-bond acceptors (Lipinski definition) is 4. The van der Waals surface area contributed by atoms with Crippen molar-refractivity contribution in [3.8, 4) is 0 Å². The van der Waals surface area contributed by atoms with E-state index >= 15 is 0 Å². The summed E-state index contributed by atoms with van der Waals surface area (Å²) >= 11 is 1.61. The van der Waals surface area contributed by atoms with Crippen molar-refractivity contribution in [3.05, 3.63) is 81.5 Å². The number of carbonyl (C=O) groups excluding carboxylic acids is 1. The molecule has 29 heavy (non-hydrogen) atoms. The molecule has 0 aliphatic heterocycles. The molecule has 2 aromatic carbocycles. The van der Waals surface area contributed by atoms with Crippen LogP contribution in [0.5, 0.6) is 0 Å². The van der Waals surface area contributed by atoms with Gasteiger partial charge in [0.2, 0.25) is 0 Å². The molecule has 1 atom stereocenters. The second-order valence-electron chi connectivity index (χ2n) is 7.04. The van der Waals surface area contributed by atoms with Crippen LogP contribution in [0.1, 0.15) is 39.3 Å². The van der Waals surface area contributed by atoms with Gasteiger partial charge in [-0.05, 0) is 79.7 Å². The average Bonchev–Trinajstić information content (AvgIpc) is 3.23. The Morgan fingerprint density at radius 3 is 2.31 bits per heavy atom. The summed E-state index contributed by atoms with van der Waals surface area (Å²) in [6, 6.07) is 15.4. The molecule has 1 N–H and O–H groups in total. The minimum Gasteiger partial charge on any atom is -0.334 e. The van der Waals surface area contributed by atoms with Crippen LogP contribution in [0.2, 0.25) is 0 Å². The topological polar surface area (TPSA) is 66.5 Å². The van der Waals surface area contributed by atoms with E-state index in [-0.39, 0.29) is 16.8 Å². The lowest BCUT2D eigenvalue weighted by Gasteiger charge is -2.24. The predicted molar refractivity (Wildman–Crippen MR) is 118 cm³/mol. The van der Waals surface area contributed by atoms with Gasteiger partial charge in [-0.15, -0.1) is 11.3 Å². The van der Waals surface area contributed by atoms with Gasteiger partial charge in [-0.2, -0.15) is 0 Å². The fraction of sp³-hybridized carbons (Fsp3) is 0.227. The van der Waals surface area contributed by atoms with Crippen LogP contribution in [0.3, 0.4) is 0 Å². The first kappa shape index (κ1) is 21.1. The van der Waals surface area contributed by atoms with Crippen LogP contribution >= 0.6 is 11.3 Å². The van der Waals surface area contributed by atoms with Gasteiger partial charge in [0, 0.05) is 23.2 Å². The molecule has 1 amide bonds. The fourth-order valence-corrected chi connectivity index (χ4v) is 4.85. The Bertz CT molecular complexity index is 1110. The molecule has 0 aliphatic carbocycles. The molecule has 0 saturated carbocycles. The van der Waals surface area contributed by atoms with Crippen LogP contribution in [0, 0.1) is 13.8 Å². The van der Waals surface area contributed by atoms with Crippen LogP contribution in [0.15, 0.2) is 64.9 Å². The first-order valence-electron chi connectivity index (χ1n) is 9.20. The molecule has 152 valence electrons. The second kappa shape index (κ2) is 8.39. The standard InChI is InChI=1S/C22H24N2O3S2/c1-15-7-12-20(14-16(15)2)29(26,27)23-19-10-8-18(9-11-19)22(25)24(4)17(3)21-6-5-13-28-21/h5-14,17,23H,1-4H3. The molecule has 5 nitrogen and oxygen atoms in total. The molecule has 0 aliphatic rings. The van der Waals surface area contributed by atoms with E-state index in [2.05, 4.69) is 4.72 Å². The predicted octanol–water partition coefficient (Wildman–Crippen LogP) is 5.00. The zero-order valence-electron chi connectivity index (χ0n) is 16.8. The highest BCUT2D eigenvalue weighted by Crippen LogP contribution is 2.25. The highest BCUT2D eigenvalue weighted by molar-refractivity contribution is 7.92. The van der Waals surface area contributed by atoms with Gasteiger partial charge in [0.05, 0.1) is 10.9 Å². The Labute approximate surface area is 176 Å². The third kappa shape index (κ3) is 4.68. The SMILES string of the molecule is Cc1ccc(S(=O)(=O)Nc2ccc(C(=O)N(C)C(C)c3cccs3)cc2)cc1C. The quantitative estimate of drug-likeness (QED) is 0.601. The maximum absolute atomic E-state index is 12.8. The van der Waals surface area contributed by atoms with E-state index in [4.69, 9.17) is 0 Å². The second-order valence-corrected chi connectivity index (χ2v) is 9.70. The van der Waals surface area contributed by atoms with Gasteiger partial charge in [0.25, 0.3) is 15.9 Å². The van der Waals surface area contributed by atoms with E-state index in [1.165, 1.54) is 0 Å². The molecular weight excluding hydrogens is 404 g/mol. The summed E-state index contributed by atoms with van der Waals surface area (Å²) < 4.78 is 27.8. The number of hydrogen-bond donors (Lipinski definition) is 1. The number of aryl methyl sites for hydroxylation is 2. The Morgan fingerprint density at radius 1 is 1.03 bits per heavy atom. The van der Waals surface area contributed by atoms with Crippen molar-refractivity contribution in [2.24, 2.45) is 0 Å². The Morgan fingerprint density at radius 2 is 1.72 bits per heavy atom. The summed E-state index contributed by atoms with van der Waals surface area (Å²) in [7, 11) is -1.92. The number of sulfonamides is 1. The smallest absolute Gasteiger partial charge is 0.261 e. The zero-order chi connectivity index (χ0) is 21.2. The fourth-order valence-electron chi connectivity index (χ4n) is 2.88. The molecule has 0 spiro atoms. The molecule has 1 heterocycles. The van der Waals surface area contributed by atoms with Gasteiger partial charge >= 0.3 is 0 Å². The molecule has 1 aromatic heterocycles. The highest BCUT2D eigenvalue weighted by Gasteiger charge is 2.20. The summed E-state index contributed by atoms with van der Waals surface area (Å²) in [5.74, 6) is -0.116. The summed E-state index contributed by atoms with van der Waals surface area (Å²) in [5.41, 5.74) is 2.86. The van der Waals surface area contributed by atoms with Crippen LogP contribution in [0.4, 0.5) is 5.69 Å². The Kier molecular flexibility index (Phi) is 6.10. The lowest BCUT2D eigenvalue weighted by atomic mass is 10.1. The lowest BCUT2D eigenvalue weighted by molar-refractivity contribution is 0.0745. The van der Waals surface area contributed by atoms with Crippen molar-refractivity contribution < 1.29 is 13.2 Å². The summed E-state index contributed by atoms with van der Waals surface area (Å²) in [6.45, 7) is 5.80. The van der Waals surface area contributed by atoms with Crippen molar-refractivity contribution in [1.29, 1.82) is 0 Å². The number of rotatable bonds is 6. The zero-order valence-corrected chi connectivity index (χ0v) is 18.5. The van der Waals surface area contributed by atoms with E-state index in [1.807, 2.05) is 38.3 Å². The third-order valence-electron chi connectivity index (χ3n) is 5.03. The van der Waals surface area contributed by atoms with Crippen LogP contribution in [-0.2, 0) is 10.0 Å². The first-order valence-corrected chi connectivity index (χ1v) is 11.6. The average molecular weight is 429 g/mol. The summed E-state index contributed by atoms with van der Waals surface area (Å²) in [5, 5.41) is 1.99. The van der Waals surface area contributed by atoms with Gasteiger partial charge in [-0.1, -0.05) is 12.1 Å². The van der Waals surface area contributed by atoms with E-state index in [0.717, 1.165) is 16.0 Å². The highest BCUT2D eigenvalue weighted by atomic mass is 32.2. The van der Waals surface area contributed by atoms with E-state index in [0.29, 0.717) is 11.3 Å². The number of amides is 1. The maximum atomic E-state index is 12.8. The molecule has 7 heteroatoms. The molecule has 1 unspecified atom stereocenters. The molecule has 3 aromatic rings. The van der Waals surface area contributed by atoms with E-state index in [9.17, 15) is 13.2 Å². The summed E-state index contributed by atoms with van der Waals surface area (Å²) in [6.07, 6.45) is 0. The number of carbonyl (C=O) groups is 1. The first-order chi connectivity index (χ1) is 13.7. The molecule has 0 bridgehead atoms. The van der Waals surface area contributed by atoms with Gasteiger partial charge < -0.3 is 4.90 Å². The normalized spacial score (nSPS) is 12.4. The number of nitrogens with one attached hydrogen (secondary N) is 1. The maximum Gasteiger partial charge on any atom is 0.261 e. The molecule has 0 saturated heterocycles. The van der Waals surface area contributed by atoms with Gasteiger partial charge in [0.1, 0.15) is 0 Å². The van der Waals surface area contributed by atoms with Crippen LogP contribution in [0.25, 0.3) is 0 Å². The monoisotopic (exact) mass is 428 g/mol. The van der Waals surface area contributed by atoms with Crippen LogP contribution < -0.4 is 4.72 Å². The number of nitrogens with zero attached hydrogens (tertiary/aromatic N) is 1. The number of thiophene rings is 1. The van der Waals surface area contributed by atoms with E-state index < -0.39 is 10.0 Å². The van der Waals surface area contributed by atoms with Crippen molar-refractivity contribution >= 4 is 33.0 Å². The minimum atomic E-state index is -3.69. The third-order valence-corrected chi connectivity index (χ3v) is 7.45. The number of benzene rings is 2. The van der Waals surface area contributed by atoms with Crippen molar-refractivity contribution in [2.45, 2.75) is 31.7 Å². The van der Waals surface area contributed by atoms with E-state index in [1.54, 1.807) is 65.7 Å². The summed E-state index contributed by atoms with van der Waals surface area (Å²) in [4.78, 5) is 15.8. The van der Waals surface area contributed by atoms with Crippen molar-refractivity contribution in [3.63, 3.8) is 0 Å². The number of anilines is 1. The lowest BCUT2D eigenvalue weighted by Crippen LogP contribution is -2.29. The van der Waals surface area contributed by atoms with Gasteiger partial charge in [-0.3, -0.25) is 9.52 Å². The van der Waals surface area contributed by atoms with Crippen molar-refractivity contribution in [2.75, 3.05) is 11.8 Å². The minimum absolute atomic E-state index is 0.0366. The van der Waals surface area contributed by atoms with Gasteiger partial charge in [-0.25, -0.2) is 8.42 Å². The Balaban J connectivity index is 1.74. The van der Waals surface area contributed by atoms with Crippen molar-refractivity contribution in [1.82, 2.24) is 4.90 Å².